The van der Waals surface area contributed by atoms with Crippen LogP contribution in [0.2, 0.25) is 0 Å². The zero-order chi connectivity index (χ0) is 26.9. The number of hydrogen-bond acceptors (Lipinski definition) is 6. The number of nitrogens with one attached hydrogen (secondary N) is 1. The molecule has 1 aliphatic rings. The molecular formula is C27H48N4O3. The second kappa shape index (κ2) is 24.6. The standard InChI is InChI=1S/C13H15N3O.C5H10O.C4H6O.2C2H6.CH5N/c1-8-7-16-13(15)10(8)6-11(14)9-4-2-3-5-12(9)17;1-2-4-6-5-3-1;1-3-4(2)5;3*1-2/h2-7,16-17H,14-15H2,1H3;1-5H2;3H,1H2,2H3;2*1-2H3;2H2,1H3/b11-6-;;;;;. The third-order valence-electron chi connectivity index (χ3n) is 4.04. The topological polar surface area (TPSA) is 140 Å². The fourth-order valence-corrected chi connectivity index (χ4v) is 2.38. The molecule has 2 aromatic rings. The van der Waals surface area contributed by atoms with Crippen molar-refractivity contribution in [2.75, 3.05) is 26.0 Å². The Hall–Kier alpha value is -3.03. The minimum absolute atomic E-state index is 0.0185. The number of phenols is 1. The van der Waals surface area contributed by atoms with Crippen LogP contribution in [0.25, 0.3) is 11.8 Å². The van der Waals surface area contributed by atoms with Gasteiger partial charge in [0, 0.05) is 36.2 Å². The Kier molecular flexibility index (Phi) is 25.7. The lowest BCUT2D eigenvalue weighted by atomic mass is 10.1. The number of para-hydroxylation sites is 1. The molecule has 0 atom stereocenters. The number of aryl methyl sites for hydroxylation is 1. The number of aromatic nitrogens is 1. The van der Waals surface area contributed by atoms with Gasteiger partial charge >= 0.3 is 0 Å². The molecule has 34 heavy (non-hydrogen) atoms. The zero-order valence-corrected chi connectivity index (χ0v) is 22.3. The van der Waals surface area contributed by atoms with E-state index in [1.54, 1.807) is 24.3 Å². The quantitative estimate of drug-likeness (QED) is 0.363. The van der Waals surface area contributed by atoms with Crippen molar-refractivity contribution in [1.82, 2.24) is 4.98 Å². The first-order valence-electron chi connectivity index (χ1n) is 11.8. The van der Waals surface area contributed by atoms with Crippen LogP contribution >= 0.6 is 0 Å². The van der Waals surface area contributed by atoms with Crippen molar-refractivity contribution in [3.8, 4) is 5.75 Å². The summed E-state index contributed by atoms with van der Waals surface area (Å²) >= 11 is 0. The van der Waals surface area contributed by atoms with Gasteiger partial charge in [-0.1, -0.05) is 46.4 Å². The maximum Gasteiger partial charge on any atom is 0.152 e. The molecule has 7 nitrogen and oxygen atoms in total. The number of allylic oxidation sites excluding steroid dienone is 1. The third-order valence-corrected chi connectivity index (χ3v) is 4.04. The highest BCUT2D eigenvalue weighted by Gasteiger charge is 2.06. The lowest BCUT2D eigenvalue weighted by molar-refractivity contribution is -0.112. The number of ketones is 1. The summed E-state index contributed by atoms with van der Waals surface area (Å²) in [7, 11) is 1.50. The van der Waals surface area contributed by atoms with Gasteiger partial charge in [0.25, 0.3) is 0 Å². The van der Waals surface area contributed by atoms with E-state index >= 15 is 0 Å². The van der Waals surface area contributed by atoms with E-state index in [0.717, 1.165) is 24.3 Å². The fourth-order valence-electron chi connectivity index (χ4n) is 2.38. The van der Waals surface area contributed by atoms with E-state index in [2.05, 4.69) is 17.3 Å². The van der Waals surface area contributed by atoms with Gasteiger partial charge in [-0.25, -0.2) is 0 Å². The first kappa shape index (κ1) is 35.6. The average Bonchev–Trinajstić information content (AvgIpc) is 3.21. The molecule has 0 bridgehead atoms. The van der Waals surface area contributed by atoms with E-state index < -0.39 is 0 Å². The van der Waals surface area contributed by atoms with Crippen LogP contribution in [0.5, 0.6) is 5.75 Å². The number of aromatic amines is 1. The van der Waals surface area contributed by atoms with Crippen LogP contribution in [-0.4, -0.2) is 36.1 Å². The van der Waals surface area contributed by atoms with E-state index in [4.69, 9.17) is 16.2 Å². The van der Waals surface area contributed by atoms with E-state index in [9.17, 15) is 9.90 Å². The van der Waals surface area contributed by atoms with Gasteiger partial charge in [0.15, 0.2) is 5.78 Å². The summed E-state index contributed by atoms with van der Waals surface area (Å²) in [5, 5.41) is 9.69. The summed E-state index contributed by atoms with van der Waals surface area (Å²) in [5.41, 5.74) is 19.2. The number of H-pyrrole nitrogens is 1. The summed E-state index contributed by atoms with van der Waals surface area (Å²) in [6, 6.07) is 6.94. The number of benzene rings is 1. The number of anilines is 1. The first-order valence-corrected chi connectivity index (χ1v) is 11.8. The van der Waals surface area contributed by atoms with Crippen molar-refractivity contribution in [3.63, 3.8) is 0 Å². The van der Waals surface area contributed by atoms with Crippen LogP contribution in [0.15, 0.2) is 43.1 Å². The summed E-state index contributed by atoms with van der Waals surface area (Å²) in [4.78, 5) is 12.6. The molecular weight excluding hydrogens is 428 g/mol. The molecule has 0 aliphatic carbocycles. The number of hydrogen-bond donors (Lipinski definition) is 5. The van der Waals surface area contributed by atoms with Crippen LogP contribution in [0.3, 0.4) is 0 Å². The second-order valence-corrected chi connectivity index (χ2v) is 6.40. The average molecular weight is 477 g/mol. The van der Waals surface area contributed by atoms with Gasteiger partial charge in [-0.3, -0.25) is 4.79 Å². The summed E-state index contributed by atoms with van der Waals surface area (Å²) in [5.74, 6) is 0.749. The molecule has 0 spiro atoms. The van der Waals surface area contributed by atoms with Crippen molar-refractivity contribution in [1.29, 1.82) is 0 Å². The predicted molar refractivity (Wildman–Crippen MR) is 148 cm³/mol. The largest absolute Gasteiger partial charge is 0.507 e. The van der Waals surface area contributed by atoms with E-state index in [-0.39, 0.29) is 11.5 Å². The molecule has 194 valence electrons. The molecule has 0 amide bonds. The number of aromatic hydroxyl groups is 1. The number of nitrogen functional groups attached to an aromatic ring is 1. The minimum Gasteiger partial charge on any atom is -0.507 e. The van der Waals surface area contributed by atoms with E-state index in [1.807, 2.05) is 46.9 Å². The monoisotopic (exact) mass is 476 g/mol. The maximum absolute atomic E-state index is 9.69. The van der Waals surface area contributed by atoms with Crippen LogP contribution in [0, 0.1) is 6.92 Å². The number of rotatable bonds is 3. The second-order valence-electron chi connectivity index (χ2n) is 6.40. The van der Waals surface area contributed by atoms with Crippen molar-refractivity contribution >= 4 is 23.4 Å². The Morgan fingerprint density at radius 3 is 1.91 bits per heavy atom. The van der Waals surface area contributed by atoms with Gasteiger partial charge in [-0.2, -0.15) is 0 Å². The Balaban J connectivity index is -0.000000466. The number of nitrogens with two attached hydrogens (primary N) is 3. The van der Waals surface area contributed by atoms with Crippen molar-refractivity contribution in [2.45, 2.75) is 60.8 Å². The predicted octanol–water partition coefficient (Wildman–Crippen LogP) is 5.64. The molecule has 2 heterocycles. The Bertz CT molecular complexity index is 764. The van der Waals surface area contributed by atoms with Gasteiger partial charge in [0.05, 0.1) is 0 Å². The Labute approximate surface area is 207 Å². The van der Waals surface area contributed by atoms with Gasteiger partial charge in [-0.05, 0) is 70.0 Å². The SMILES string of the molecule is C1CCOCC1.C=CC(C)=O.CC.CC.CN.Cc1c[nH]c(N)c1/C=C(\N)c1ccccc1O. The first-order chi connectivity index (χ1) is 16.4. The van der Waals surface area contributed by atoms with E-state index in [1.165, 1.54) is 39.3 Å². The number of phenolic OH excluding ortho intramolecular Hbond substituents is 1. The summed E-state index contributed by atoms with van der Waals surface area (Å²) in [6.07, 6.45) is 8.79. The van der Waals surface area contributed by atoms with Gasteiger partial charge in [-0.15, -0.1) is 0 Å². The maximum atomic E-state index is 9.69. The molecule has 1 aliphatic heterocycles. The minimum atomic E-state index is 0.0185. The molecule has 3 rings (SSSR count). The Morgan fingerprint density at radius 2 is 1.59 bits per heavy atom. The van der Waals surface area contributed by atoms with Crippen molar-refractivity contribution in [3.05, 3.63) is 59.8 Å². The fraction of sp³-hybridized carbons (Fsp3) is 0.444. The summed E-state index contributed by atoms with van der Waals surface area (Å²) in [6.45, 7) is 16.6. The van der Waals surface area contributed by atoms with Gasteiger partial charge < -0.3 is 32.0 Å². The van der Waals surface area contributed by atoms with Crippen molar-refractivity contribution < 1.29 is 14.6 Å². The summed E-state index contributed by atoms with van der Waals surface area (Å²) < 4.78 is 5.07. The lowest BCUT2D eigenvalue weighted by Gasteiger charge is -2.08. The molecule has 1 saturated heterocycles. The molecule has 1 aromatic carbocycles. The van der Waals surface area contributed by atoms with E-state index in [0.29, 0.717) is 17.1 Å². The molecule has 7 heteroatoms. The van der Waals surface area contributed by atoms with Crippen LogP contribution in [0.4, 0.5) is 5.82 Å². The van der Waals surface area contributed by atoms with Gasteiger partial charge in [0.1, 0.15) is 11.6 Å². The highest BCUT2D eigenvalue weighted by atomic mass is 16.5. The molecule has 1 aromatic heterocycles. The lowest BCUT2D eigenvalue weighted by Crippen LogP contribution is -2.03. The molecule has 8 N–H and O–H groups in total. The van der Waals surface area contributed by atoms with Gasteiger partial charge in [0.2, 0.25) is 0 Å². The van der Waals surface area contributed by atoms with Crippen LogP contribution < -0.4 is 17.2 Å². The molecule has 0 unspecified atom stereocenters. The highest BCUT2D eigenvalue weighted by molar-refractivity contribution is 5.86. The molecule has 1 fully saturated rings. The normalized spacial score (nSPS) is 11.6. The van der Waals surface area contributed by atoms with Crippen molar-refractivity contribution in [2.24, 2.45) is 11.5 Å². The van der Waals surface area contributed by atoms with Crippen LogP contribution in [-0.2, 0) is 9.53 Å². The Morgan fingerprint density at radius 1 is 1.09 bits per heavy atom. The highest BCUT2D eigenvalue weighted by Crippen LogP contribution is 2.25. The zero-order valence-electron chi connectivity index (χ0n) is 22.3. The smallest absolute Gasteiger partial charge is 0.152 e. The van der Waals surface area contributed by atoms with Crippen LogP contribution in [0.1, 0.15) is 70.6 Å². The number of carbonyl (C=O) groups is 1. The third kappa shape index (κ3) is 16.6. The number of carbonyl (C=O) groups excluding carboxylic acids is 1. The molecule has 0 saturated carbocycles. The number of ether oxygens (including phenoxy) is 1. The molecule has 0 radical (unpaired) electrons.